The number of allylic oxidation sites excluding steroid dienone is 27. The summed E-state index contributed by atoms with van der Waals surface area (Å²) < 4.78 is 68.1. The second kappa shape index (κ2) is 69.9. The zero-order chi connectivity index (χ0) is 71.8. The van der Waals surface area contributed by atoms with E-state index in [1.807, 2.05) is 24.3 Å². The van der Waals surface area contributed by atoms with Gasteiger partial charge in [-0.25, -0.2) is 9.13 Å². The summed E-state index contributed by atoms with van der Waals surface area (Å²) in [5, 5.41) is 10.6. The first-order chi connectivity index (χ1) is 47.7. The molecule has 554 valence electrons. The molecule has 0 spiro atoms. The fraction of sp³-hybridized carbons (Fsp3) is 0.595. The summed E-state index contributed by atoms with van der Waals surface area (Å²) in [5.41, 5.74) is 0. The lowest BCUT2D eigenvalue weighted by Gasteiger charge is -2.21. The number of esters is 4. The number of hydrogen-bond acceptors (Lipinski definition) is 15. The summed E-state index contributed by atoms with van der Waals surface area (Å²) in [6, 6.07) is 0. The van der Waals surface area contributed by atoms with Crippen LogP contribution in [0.15, 0.2) is 170 Å². The van der Waals surface area contributed by atoms with Gasteiger partial charge in [0, 0.05) is 19.3 Å². The number of rotatable bonds is 66. The molecule has 0 heterocycles. The molecule has 5 atom stereocenters. The number of phosphoric ester groups is 2. The molecule has 0 bridgehead atoms. The second-order valence-corrected chi connectivity index (χ2v) is 26.3. The molecule has 0 fully saturated rings. The van der Waals surface area contributed by atoms with Crippen LogP contribution in [0.5, 0.6) is 0 Å². The van der Waals surface area contributed by atoms with Crippen LogP contribution in [-0.4, -0.2) is 96.7 Å². The molecule has 0 amide bonds. The van der Waals surface area contributed by atoms with Gasteiger partial charge in [0.25, 0.3) is 0 Å². The average molecular weight is 1410 g/mol. The molecule has 0 aliphatic rings. The van der Waals surface area contributed by atoms with Crippen LogP contribution in [0, 0.1) is 0 Å². The first-order valence-electron chi connectivity index (χ1n) is 36.4. The molecule has 0 aliphatic heterocycles. The summed E-state index contributed by atoms with van der Waals surface area (Å²) in [5.74, 6) is -2.44. The van der Waals surface area contributed by atoms with E-state index in [1.54, 1.807) is 12.2 Å². The van der Waals surface area contributed by atoms with Crippen LogP contribution >= 0.6 is 15.6 Å². The summed E-state index contributed by atoms with van der Waals surface area (Å²) in [6.07, 6.45) is 81.1. The normalized spacial score (nSPS) is 15.0. The number of carbonyl (C=O) groups excluding carboxylic acids is 4. The predicted molar refractivity (Wildman–Crippen MR) is 399 cm³/mol. The van der Waals surface area contributed by atoms with Crippen LogP contribution in [-0.2, 0) is 65.4 Å². The van der Waals surface area contributed by atoms with E-state index in [-0.39, 0.29) is 25.7 Å². The highest BCUT2D eigenvalue weighted by Crippen LogP contribution is 2.45. The number of aliphatic hydroxyl groups excluding tert-OH is 1. The Balaban J connectivity index is 5.51. The Kier molecular flexibility index (Phi) is 65.9. The van der Waals surface area contributed by atoms with Gasteiger partial charge in [0.15, 0.2) is 12.2 Å². The van der Waals surface area contributed by atoms with Crippen LogP contribution in [0.4, 0.5) is 0 Å². The maximum Gasteiger partial charge on any atom is 0.472 e. The van der Waals surface area contributed by atoms with Gasteiger partial charge in [-0.3, -0.25) is 37.3 Å². The number of phosphoric acid groups is 2. The van der Waals surface area contributed by atoms with Crippen LogP contribution in [0.1, 0.15) is 246 Å². The van der Waals surface area contributed by atoms with Crippen molar-refractivity contribution in [1.29, 1.82) is 0 Å². The molecule has 98 heavy (non-hydrogen) atoms. The van der Waals surface area contributed by atoms with Crippen LogP contribution in [0.25, 0.3) is 0 Å². The number of ether oxygens (including phenoxy) is 4. The van der Waals surface area contributed by atoms with Crippen LogP contribution in [0.2, 0.25) is 0 Å². The fourth-order valence-electron chi connectivity index (χ4n) is 8.70. The first-order valence-corrected chi connectivity index (χ1v) is 39.4. The molecule has 17 nitrogen and oxygen atoms in total. The minimum Gasteiger partial charge on any atom is -0.462 e. The summed E-state index contributed by atoms with van der Waals surface area (Å²) >= 11 is 0. The number of aliphatic hydroxyl groups is 1. The van der Waals surface area contributed by atoms with Crippen molar-refractivity contribution in [3.8, 4) is 0 Å². The molecule has 3 N–H and O–H groups in total. The molecule has 0 saturated carbocycles. The Morgan fingerprint density at radius 2 is 0.582 bits per heavy atom. The van der Waals surface area contributed by atoms with Crippen LogP contribution in [0.3, 0.4) is 0 Å². The van der Waals surface area contributed by atoms with Crippen molar-refractivity contribution < 1.29 is 80.2 Å². The van der Waals surface area contributed by atoms with E-state index < -0.39 is 97.5 Å². The van der Waals surface area contributed by atoms with Crippen molar-refractivity contribution in [3.05, 3.63) is 170 Å². The van der Waals surface area contributed by atoms with E-state index in [9.17, 15) is 43.2 Å². The van der Waals surface area contributed by atoms with Gasteiger partial charge in [-0.15, -0.1) is 0 Å². The molecule has 0 aromatic rings. The van der Waals surface area contributed by atoms with E-state index in [1.165, 1.54) is 0 Å². The van der Waals surface area contributed by atoms with Gasteiger partial charge in [0.05, 0.1) is 32.8 Å². The number of unbranched alkanes of at least 4 members (excludes halogenated alkanes) is 13. The largest absolute Gasteiger partial charge is 0.472 e. The highest BCUT2D eigenvalue weighted by atomic mass is 31.2. The predicted octanol–water partition coefficient (Wildman–Crippen LogP) is 20.7. The smallest absolute Gasteiger partial charge is 0.462 e. The Morgan fingerprint density at radius 3 is 0.949 bits per heavy atom. The fourth-order valence-corrected chi connectivity index (χ4v) is 10.3. The van der Waals surface area contributed by atoms with Crippen molar-refractivity contribution in [2.75, 3.05) is 39.6 Å². The lowest BCUT2D eigenvalue weighted by molar-refractivity contribution is -0.161. The zero-order valence-electron chi connectivity index (χ0n) is 60.1. The quantitative estimate of drug-likeness (QED) is 0.0169. The molecule has 0 saturated heterocycles. The van der Waals surface area contributed by atoms with Crippen molar-refractivity contribution in [2.24, 2.45) is 0 Å². The molecule has 0 aromatic heterocycles. The van der Waals surface area contributed by atoms with E-state index in [4.69, 9.17) is 37.0 Å². The van der Waals surface area contributed by atoms with Gasteiger partial charge >= 0.3 is 39.5 Å². The van der Waals surface area contributed by atoms with Crippen molar-refractivity contribution in [1.82, 2.24) is 0 Å². The highest BCUT2D eigenvalue weighted by Gasteiger charge is 2.30. The lowest BCUT2D eigenvalue weighted by Crippen LogP contribution is -2.30. The first kappa shape index (κ1) is 92.4. The Labute approximate surface area is 591 Å². The maximum absolute atomic E-state index is 13.0. The molecule has 19 heteroatoms. The second-order valence-electron chi connectivity index (χ2n) is 23.4. The minimum atomic E-state index is -5.02. The van der Waals surface area contributed by atoms with E-state index in [0.717, 1.165) is 161 Å². The third-order valence-electron chi connectivity index (χ3n) is 14.1. The van der Waals surface area contributed by atoms with E-state index in [0.29, 0.717) is 32.1 Å². The van der Waals surface area contributed by atoms with Gasteiger partial charge in [-0.1, -0.05) is 249 Å². The van der Waals surface area contributed by atoms with E-state index in [2.05, 4.69) is 161 Å². The standard InChI is InChI=1S/C79H126O17P2/c1-5-9-13-17-21-25-29-33-35-36-38-41-44-48-52-56-60-64-77(82)90-70-75(96-79(84)66-62-58-54-50-46-42-37-34-30-26-22-18-14-10-6-2)72-94-98(87,88)92-68-73(80)67-91-97(85,86)93-71-74(95-78(83)65-61-57-53-49-45-40-32-28-24-20-16-12-8-4)69-89-76(81)63-59-55-51-47-43-39-31-27-23-19-15-11-7-3/h9-10,13-16,19-22,25-28,31-35,37-38,41,46,48,50,52,58,62,73-75,80H,5-8,11-12,17-18,23-24,29-30,36,39-40,42-45,47,49,51,53-57,59-61,63-72H2,1-4H3,(H,85,86)(H,87,88)/b13-9-,14-10-,19-15-,20-16-,25-21-,26-22-,31-27-,32-28-,35-33-,37-34-,41-38-,50-46-,52-48-,62-58-. The van der Waals surface area contributed by atoms with Crippen LogP contribution < -0.4 is 0 Å². The number of hydrogen-bond donors (Lipinski definition) is 3. The molecule has 0 rings (SSSR count). The van der Waals surface area contributed by atoms with Crippen molar-refractivity contribution >= 4 is 39.5 Å². The Morgan fingerprint density at radius 1 is 0.306 bits per heavy atom. The van der Waals surface area contributed by atoms with Gasteiger partial charge in [0.2, 0.25) is 0 Å². The average Bonchev–Trinajstić information content (AvgIpc) is 1.05. The monoisotopic (exact) mass is 1410 g/mol. The third-order valence-corrected chi connectivity index (χ3v) is 16.0. The van der Waals surface area contributed by atoms with Crippen molar-refractivity contribution in [2.45, 2.75) is 264 Å². The third kappa shape index (κ3) is 68.9. The van der Waals surface area contributed by atoms with Gasteiger partial charge in [0.1, 0.15) is 19.3 Å². The summed E-state index contributed by atoms with van der Waals surface area (Å²) in [6.45, 7) is 4.25. The molecule has 5 unspecified atom stereocenters. The zero-order valence-corrected chi connectivity index (χ0v) is 61.9. The molecule has 0 aliphatic carbocycles. The Bertz CT molecular complexity index is 2530. The maximum atomic E-state index is 13.0. The van der Waals surface area contributed by atoms with Gasteiger partial charge < -0.3 is 33.8 Å². The Hall–Kier alpha value is -5.58. The van der Waals surface area contributed by atoms with Crippen molar-refractivity contribution in [3.63, 3.8) is 0 Å². The SMILES string of the molecule is CC/C=C\C/C=C\C/C=C\C/C=C\C/C=C\CCCC(=O)OCC(COP(=O)(O)OCC(O)COP(=O)(O)OCC(COC(=O)CCCCCCC/C=C\C/C=C\CCC)OC(=O)CCCCCCC/C=C\C/C=C\CCC)OC(=O)C/C=C\C/C=C\C/C=C\C/C=C\C/C=C\CC. The molecule has 0 aromatic carbocycles. The lowest BCUT2D eigenvalue weighted by atomic mass is 10.1. The molecular weight excluding hydrogens is 1280 g/mol. The minimum absolute atomic E-state index is 0.0567. The van der Waals surface area contributed by atoms with Gasteiger partial charge in [-0.2, -0.15) is 0 Å². The summed E-state index contributed by atoms with van der Waals surface area (Å²) in [7, 11) is -10.0. The topological polar surface area (TPSA) is 237 Å². The molecular formula is C79H126O17P2. The highest BCUT2D eigenvalue weighted by molar-refractivity contribution is 7.47. The summed E-state index contributed by atoms with van der Waals surface area (Å²) in [4.78, 5) is 72.6. The van der Waals surface area contributed by atoms with E-state index >= 15 is 0 Å². The van der Waals surface area contributed by atoms with Gasteiger partial charge in [-0.05, 0) is 141 Å². The molecule has 0 radical (unpaired) electrons. The number of carbonyl (C=O) groups is 4.